The fraction of sp³-hybridized carbons (Fsp3) is 1.00. The Morgan fingerprint density at radius 2 is 1.29 bits per heavy atom. The lowest BCUT2D eigenvalue weighted by Gasteiger charge is -2.52. The third-order valence-electron chi connectivity index (χ3n) is 3.51. The van der Waals surface area contributed by atoms with Crippen LogP contribution in [0.5, 0.6) is 0 Å². The molecule has 0 radical (unpaired) electrons. The summed E-state index contributed by atoms with van der Waals surface area (Å²) in [6.07, 6.45) is -3.80. The van der Waals surface area contributed by atoms with Crippen LogP contribution in [-0.4, -0.2) is 26.9 Å². The van der Waals surface area contributed by atoms with Crippen LogP contribution in [-0.2, 0) is 0 Å². The second kappa shape index (κ2) is 8.14. The Hall–Kier alpha value is 0.910. The zero-order chi connectivity index (χ0) is 16.9. The number of hydrogen-bond donors (Lipinski definition) is 1. The summed E-state index contributed by atoms with van der Waals surface area (Å²) in [5.41, 5.74) is -1.88. The van der Waals surface area contributed by atoms with Gasteiger partial charge in [-0.25, -0.2) is 0 Å². The molecule has 128 valence electrons. The number of rotatable bonds is 8. The molecule has 0 amide bonds. The minimum atomic E-state index is -4.70. The number of alkyl halides is 7. The van der Waals surface area contributed by atoms with Crippen LogP contribution in [0.4, 0.5) is 13.2 Å². The van der Waals surface area contributed by atoms with E-state index in [1.165, 1.54) is 0 Å². The molecule has 0 aliphatic heterocycles. The highest BCUT2D eigenvalue weighted by Gasteiger charge is 2.71. The normalized spacial score (nSPS) is 19.1. The molecule has 1 N–H and O–H groups in total. The molecule has 0 aliphatic rings. The Morgan fingerprint density at radius 1 is 0.810 bits per heavy atom. The van der Waals surface area contributed by atoms with Gasteiger partial charge in [0.2, 0.25) is 3.79 Å². The average Bonchev–Trinajstić information content (AvgIpc) is 2.31. The molecule has 0 spiro atoms. The standard InChI is InChI=1S/C13H22Cl4F3N/c1-4-7-10(14,13(18,19)20)11(8-5-2,12(15,16)17)21-9-6-3/h21H,4-9H2,1-3H3. The molecule has 0 saturated heterocycles. The van der Waals surface area contributed by atoms with Gasteiger partial charge < -0.3 is 5.32 Å². The lowest BCUT2D eigenvalue weighted by Crippen LogP contribution is -2.72. The molecule has 0 rings (SSSR count). The topological polar surface area (TPSA) is 12.0 Å². The average molecular weight is 391 g/mol. The van der Waals surface area contributed by atoms with Gasteiger partial charge in [-0.05, 0) is 25.8 Å². The molecule has 2 atom stereocenters. The van der Waals surface area contributed by atoms with Crippen molar-refractivity contribution in [1.82, 2.24) is 5.32 Å². The van der Waals surface area contributed by atoms with Crippen LogP contribution >= 0.6 is 46.4 Å². The molecule has 0 aromatic carbocycles. The van der Waals surface area contributed by atoms with E-state index in [2.05, 4.69) is 5.32 Å². The van der Waals surface area contributed by atoms with E-state index in [0.29, 0.717) is 12.8 Å². The minimum Gasteiger partial charge on any atom is -0.306 e. The third kappa shape index (κ3) is 4.47. The first-order valence-corrected chi connectivity index (χ1v) is 8.52. The molecule has 0 aliphatic carbocycles. The summed E-state index contributed by atoms with van der Waals surface area (Å²) in [6.45, 7) is 5.46. The quantitative estimate of drug-likeness (QED) is 0.484. The lowest BCUT2D eigenvalue weighted by atomic mass is 9.77. The predicted octanol–water partition coefficient (Wildman–Crippen LogP) is 6.24. The van der Waals surface area contributed by atoms with E-state index in [4.69, 9.17) is 46.4 Å². The zero-order valence-electron chi connectivity index (χ0n) is 12.4. The number of nitrogens with one attached hydrogen (secondary N) is 1. The van der Waals surface area contributed by atoms with Crippen LogP contribution in [0.25, 0.3) is 0 Å². The molecule has 21 heavy (non-hydrogen) atoms. The van der Waals surface area contributed by atoms with Crippen molar-refractivity contribution in [3.05, 3.63) is 0 Å². The summed E-state index contributed by atoms with van der Waals surface area (Å²) < 4.78 is 39.0. The summed E-state index contributed by atoms with van der Waals surface area (Å²) in [6, 6.07) is 0. The number of halogens is 7. The van der Waals surface area contributed by atoms with Gasteiger partial charge in [0, 0.05) is 0 Å². The molecular formula is C13H22Cl4F3N. The molecule has 0 aromatic rings. The highest BCUT2D eigenvalue weighted by molar-refractivity contribution is 6.69. The first kappa shape index (κ1) is 21.9. The van der Waals surface area contributed by atoms with Gasteiger partial charge in [-0.1, -0.05) is 68.4 Å². The summed E-state index contributed by atoms with van der Waals surface area (Å²) in [7, 11) is 0. The van der Waals surface area contributed by atoms with Crippen molar-refractivity contribution in [2.75, 3.05) is 6.54 Å². The summed E-state index contributed by atoms with van der Waals surface area (Å²) >= 11 is 24.0. The van der Waals surface area contributed by atoms with Gasteiger partial charge >= 0.3 is 6.18 Å². The van der Waals surface area contributed by atoms with Gasteiger partial charge in [0.15, 0.2) is 4.87 Å². The molecule has 0 fully saturated rings. The second-order valence-corrected chi connectivity index (χ2v) is 8.06. The molecular weight excluding hydrogens is 369 g/mol. The summed E-state index contributed by atoms with van der Waals surface area (Å²) in [5, 5.41) is 2.81. The van der Waals surface area contributed by atoms with Gasteiger partial charge in [0.05, 0.1) is 5.54 Å². The largest absolute Gasteiger partial charge is 0.409 e. The fourth-order valence-electron chi connectivity index (χ4n) is 2.55. The second-order valence-electron chi connectivity index (χ2n) is 5.13. The van der Waals surface area contributed by atoms with Crippen LogP contribution in [0.2, 0.25) is 0 Å². The monoisotopic (exact) mass is 389 g/mol. The van der Waals surface area contributed by atoms with Gasteiger partial charge in [0.1, 0.15) is 0 Å². The molecule has 2 unspecified atom stereocenters. The molecule has 8 heteroatoms. The molecule has 0 bridgehead atoms. The minimum absolute atomic E-state index is 0.00646. The van der Waals surface area contributed by atoms with Crippen molar-refractivity contribution in [1.29, 1.82) is 0 Å². The Bertz CT molecular complexity index is 320. The first-order valence-electron chi connectivity index (χ1n) is 7.00. The maximum Gasteiger partial charge on any atom is 0.409 e. The molecule has 0 aromatic heterocycles. The first-order chi connectivity index (χ1) is 9.43. The molecule has 0 heterocycles. The van der Waals surface area contributed by atoms with E-state index in [0.717, 1.165) is 0 Å². The van der Waals surface area contributed by atoms with Gasteiger partial charge in [-0.3, -0.25) is 0 Å². The highest BCUT2D eigenvalue weighted by Crippen LogP contribution is 2.57. The summed E-state index contributed by atoms with van der Waals surface area (Å²) in [5.74, 6) is 0. The lowest BCUT2D eigenvalue weighted by molar-refractivity contribution is -0.185. The van der Waals surface area contributed by atoms with Crippen molar-refractivity contribution >= 4 is 46.4 Å². The Kier molecular flexibility index (Phi) is 8.49. The van der Waals surface area contributed by atoms with Gasteiger partial charge in [0.25, 0.3) is 0 Å². The van der Waals surface area contributed by atoms with E-state index in [-0.39, 0.29) is 25.8 Å². The molecule has 1 nitrogen and oxygen atoms in total. The smallest absolute Gasteiger partial charge is 0.306 e. The maximum atomic E-state index is 13.7. The summed E-state index contributed by atoms with van der Waals surface area (Å²) in [4.78, 5) is -2.65. The Balaban J connectivity index is 6.13. The van der Waals surface area contributed by atoms with Crippen molar-refractivity contribution in [3.8, 4) is 0 Å². The Morgan fingerprint density at radius 3 is 1.57 bits per heavy atom. The van der Waals surface area contributed by atoms with Crippen LogP contribution in [0.15, 0.2) is 0 Å². The van der Waals surface area contributed by atoms with Gasteiger partial charge in [-0.2, -0.15) is 13.2 Å². The number of hydrogen-bond acceptors (Lipinski definition) is 1. The Labute approximate surface area is 144 Å². The highest BCUT2D eigenvalue weighted by atomic mass is 35.6. The predicted molar refractivity (Wildman–Crippen MR) is 85.8 cm³/mol. The van der Waals surface area contributed by atoms with Crippen molar-refractivity contribution in [3.63, 3.8) is 0 Å². The maximum absolute atomic E-state index is 13.7. The SMILES string of the molecule is CCCNC(CCC)(C(Cl)(Cl)Cl)C(Cl)(CCC)C(F)(F)F. The van der Waals surface area contributed by atoms with E-state index >= 15 is 0 Å². The van der Waals surface area contributed by atoms with E-state index in [9.17, 15) is 13.2 Å². The van der Waals surface area contributed by atoms with Crippen LogP contribution < -0.4 is 5.32 Å². The molecule has 0 saturated carbocycles. The van der Waals surface area contributed by atoms with E-state index in [1.54, 1.807) is 13.8 Å². The van der Waals surface area contributed by atoms with E-state index < -0.39 is 20.4 Å². The van der Waals surface area contributed by atoms with Crippen LogP contribution in [0.3, 0.4) is 0 Å². The van der Waals surface area contributed by atoms with Crippen molar-refractivity contribution in [2.24, 2.45) is 0 Å². The zero-order valence-corrected chi connectivity index (χ0v) is 15.4. The van der Waals surface area contributed by atoms with Crippen LogP contribution in [0, 0.1) is 0 Å². The van der Waals surface area contributed by atoms with E-state index in [1.807, 2.05) is 6.92 Å². The van der Waals surface area contributed by atoms with Crippen molar-refractivity contribution < 1.29 is 13.2 Å². The van der Waals surface area contributed by atoms with Crippen molar-refractivity contribution in [2.45, 2.75) is 73.3 Å². The third-order valence-corrected chi connectivity index (χ3v) is 5.20. The van der Waals surface area contributed by atoms with Gasteiger partial charge in [-0.15, -0.1) is 11.6 Å². The van der Waals surface area contributed by atoms with Crippen LogP contribution in [0.1, 0.15) is 52.9 Å². The fourth-order valence-corrected chi connectivity index (χ4v) is 4.15.